The molecule has 7 heteroatoms. The van der Waals surface area contributed by atoms with Crippen molar-refractivity contribution in [2.24, 2.45) is 0 Å². The Labute approximate surface area is 137 Å². The molecule has 118 valence electrons. The summed E-state index contributed by atoms with van der Waals surface area (Å²) in [5.41, 5.74) is 1.32. The Bertz CT molecular complexity index is 747. The lowest BCUT2D eigenvalue weighted by Crippen LogP contribution is -2.34. The quantitative estimate of drug-likeness (QED) is 0.755. The second-order valence-corrected chi connectivity index (χ2v) is 4.98. The summed E-state index contributed by atoms with van der Waals surface area (Å²) >= 11 is 5.06. The molecule has 0 unspecified atom stereocenters. The minimum absolute atomic E-state index is 0.0772. The molecule has 0 aliphatic carbocycles. The molecule has 2 aromatic carbocycles. The molecule has 2 amide bonds. The Morgan fingerprint density at radius 3 is 2.35 bits per heavy atom. The minimum atomic E-state index is -0.454. The number of thiocarbonyl (C=S) groups is 1. The molecule has 0 atom stereocenters. The number of rotatable bonds is 3. The van der Waals surface area contributed by atoms with Crippen LogP contribution in [0.25, 0.3) is 0 Å². The van der Waals surface area contributed by atoms with Crippen molar-refractivity contribution in [1.82, 2.24) is 10.6 Å². The van der Waals surface area contributed by atoms with Gasteiger partial charge in [-0.15, -0.1) is 0 Å². The van der Waals surface area contributed by atoms with Crippen molar-refractivity contribution in [2.45, 2.75) is 0 Å². The molecule has 0 saturated heterocycles. The first-order valence-electron chi connectivity index (χ1n) is 6.69. The second kappa shape index (κ2) is 7.46. The maximum absolute atomic E-state index is 12.8. The van der Waals surface area contributed by atoms with E-state index < -0.39 is 11.7 Å². The van der Waals surface area contributed by atoms with Crippen LogP contribution in [0.15, 0.2) is 48.5 Å². The van der Waals surface area contributed by atoms with Crippen LogP contribution in [0.3, 0.4) is 0 Å². The van der Waals surface area contributed by atoms with E-state index in [1.165, 1.54) is 31.3 Å². The lowest BCUT2D eigenvalue weighted by molar-refractivity contribution is 0.0959. The molecule has 0 saturated carbocycles. The number of carbonyl (C=O) groups excluding carboxylic acids is 2. The maximum atomic E-state index is 12.8. The van der Waals surface area contributed by atoms with Crippen LogP contribution >= 0.6 is 12.2 Å². The van der Waals surface area contributed by atoms with Gasteiger partial charge in [-0.1, -0.05) is 6.07 Å². The third-order valence-electron chi connectivity index (χ3n) is 2.94. The number of hydrogen-bond acceptors (Lipinski definition) is 3. The van der Waals surface area contributed by atoms with Crippen molar-refractivity contribution in [1.29, 1.82) is 0 Å². The predicted octanol–water partition coefficient (Wildman–Crippen LogP) is 2.31. The number of nitrogens with one attached hydrogen (secondary N) is 3. The van der Waals surface area contributed by atoms with Gasteiger partial charge >= 0.3 is 0 Å². The van der Waals surface area contributed by atoms with Crippen LogP contribution in [-0.2, 0) is 0 Å². The molecule has 0 aromatic heterocycles. The highest BCUT2D eigenvalue weighted by atomic mass is 32.1. The van der Waals surface area contributed by atoms with Gasteiger partial charge in [0, 0.05) is 23.9 Å². The van der Waals surface area contributed by atoms with E-state index in [1.807, 2.05) is 0 Å². The Morgan fingerprint density at radius 1 is 1.00 bits per heavy atom. The third-order valence-corrected chi connectivity index (χ3v) is 3.15. The largest absolute Gasteiger partial charge is 0.355 e. The number of amides is 2. The summed E-state index contributed by atoms with van der Waals surface area (Å²) in [5.74, 6) is -1.10. The van der Waals surface area contributed by atoms with Crippen molar-refractivity contribution in [3.8, 4) is 0 Å². The summed E-state index contributed by atoms with van der Waals surface area (Å²) in [7, 11) is 1.54. The molecular weight excluding hydrogens is 317 g/mol. The van der Waals surface area contributed by atoms with E-state index in [0.29, 0.717) is 11.3 Å². The number of hydrogen-bond donors (Lipinski definition) is 3. The number of benzene rings is 2. The number of carbonyl (C=O) groups is 2. The SMILES string of the molecule is CNC(=O)c1cccc(NC(=S)NC(=O)c2ccc(F)cc2)c1. The van der Waals surface area contributed by atoms with E-state index in [-0.39, 0.29) is 16.6 Å². The van der Waals surface area contributed by atoms with Crippen molar-refractivity contribution < 1.29 is 14.0 Å². The van der Waals surface area contributed by atoms with E-state index in [0.717, 1.165) is 0 Å². The fourth-order valence-corrected chi connectivity index (χ4v) is 2.03. The van der Waals surface area contributed by atoms with Crippen LogP contribution in [0.5, 0.6) is 0 Å². The van der Waals surface area contributed by atoms with Gasteiger partial charge in [0.25, 0.3) is 11.8 Å². The van der Waals surface area contributed by atoms with Crippen LogP contribution in [-0.4, -0.2) is 24.0 Å². The highest BCUT2D eigenvalue weighted by Gasteiger charge is 2.09. The lowest BCUT2D eigenvalue weighted by atomic mass is 10.2. The summed E-state index contributed by atoms with van der Waals surface area (Å²) in [6.45, 7) is 0. The molecule has 0 heterocycles. The van der Waals surface area contributed by atoms with Crippen LogP contribution in [0.2, 0.25) is 0 Å². The normalized spacial score (nSPS) is 9.83. The van der Waals surface area contributed by atoms with Gasteiger partial charge in [0.15, 0.2) is 5.11 Å². The topological polar surface area (TPSA) is 70.2 Å². The van der Waals surface area contributed by atoms with Crippen molar-refractivity contribution >= 4 is 34.8 Å². The van der Waals surface area contributed by atoms with E-state index in [2.05, 4.69) is 16.0 Å². The first kappa shape index (κ1) is 16.6. The Balaban J connectivity index is 2.00. The van der Waals surface area contributed by atoms with E-state index in [1.54, 1.807) is 24.3 Å². The van der Waals surface area contributed by atoms with Crippen LogP contribution in [0.1, 0.15) is 20.7 Å². The molecule has 0 radical (unpaired) electrons. The van der Waals surface area contributed by atoms with Gasteiger partial charge < -0.3 is 10.6 Å². The van der Waals surface area contributed by atoms with Gasteiger partial charge in [-0.2, -0.15) is 0 Å². The van der Waals surface area contributed by atoms with Crippen LogP contribution < -0.4 is 16.0 Å². The van der Waals surface area contributed by atoms with E-state index in [4.69, 9.17) is 12.2 Å². The molecule has 0 fully saturated rings. The maximum Gasteiger partial charge on any atom is 0.257 e. The van der Waals surface area contributed by atoms with Gasteiger partial charge in [0.05, 0.1) is 0 Å². The average Bonchev–Trinajstić information content (AvgIpc) is 2.54. The fourth-order valence-electron chi connectivity index (χ4n) is 1.82. The molecule has 0 aliphatic rings. The smallest absolute Gasteiger partial charge is 0.257 e. The molecule has 3 N–H and O–H groups in total. The van der Waals surface area contributed by atoms with E-state index in [9.17, 15) is 14.0 Å². The van der Waals surface area contributed by atoms with Gasteiger partial charge in [-0.05, 0) is 54.7 Å². The highest BCUT2D eigenvalue weighted by Crippen LogP contribution is 2.10. The second-order valence-electron chi connectivity index (χ2n) is 4.58. The molecule has 5 nitrogen and oxygen atoms in total. The molecule has 0 bridgehead atoms. The minimum Gasteiger partial charge on any atom is -0.355 e. The highest BCUT2D eigenvalue weighted by molar-refractivity contribution is 7.80. The van der Waals surface area contributed by atoms with Crippen molar-refractivity contribution in [2.75, 3.05) is 12.4 Å². The Hall–Kier alpha value is -2.80. The summed E-state index contributed by atoms with van der Waals surface area (Å²) in [6.07, 6.45) is 0. The predicted molar refractivity (Wildman–Crippen MR) is 89.9 cm³/mol. The average molecular weight is 331 g/mol. The standard InChI is InChI=1S/C16H14FN3O2S/c1-18-14(21)11-3-2-4-13(9-11)19-16(23)20-15(22)10-5-7-12(17)8-6-10/h2-9H,1H3,(H,18,21)(H2,19,20,22,23). The van der Waals surface area contributed by atoms with Crippen molar-refractivity contribution in [3.63, 3.8) is 0 Å². The van der Waals surface area contributed by atoms with Gasteiger partial charge in [-0.3, -0.25) is 14.9 Å². The fraction of sp³-hybridized carbons (Fsp3) is 0.0625. The molecule has 0 aliphatic heterocycles. The number of halogens is 1. The van der Waals surface area contributed by atoms with Crippen LogP contribution in [0.4, 0.5) is 10.1 Å². The zero-order valence-corrected chi connectivity index (χ0v) is 13.0. The molecular formula is C16H14FN3O2S. The lowest BCUT2D eigenvalue weighted by Gasteiger charge is -2.10. The Morgan fingerprint density at radius 2 is 1.70 bits per heavy atom. The third kappa shape index (κ3) is 4.58. The summed E-state index contributed by atoms with van der Waals surface area (Å²) in [6, 6.07) is 11.8. The van der Waals surface area contributed by atoms with Crippen LogP contribution in [0, 0.1) is 5.82 Å². The van der Waals surface area contributed by atoms with Gasteiger partial charge in [0.1, 0.15) is 5.82 Å². The molecule has 0 spiro atoms. The monoisotopic (exact) mass is 331 g/mol. The Kier molecular flexibility index (Phi) is 5.37. The first-order valence-corrected chi connectivity index (χ1v) is 7.10. The first-order chi connectivity index (χ1) is 11.0. The summed E-state index contributed by atoms with van der Waals surface area (Å²) < 4.78 is 12.8. The van der Waals surface area contributed by atoms with Gasteiger partial charge in [-0.25, -0.2) is 4.39 Å². The zero-order valence-electron chi connectivity index (χ0n) is 12.2. The zero-order chi connectivity index (χ0) is 16.8. The molecule has 2 rings (SSSR count). The molecule has 23 heavy (non-hydrogen) atoms. The van der Waals surface area contributed by atoms with Gasteiger partial charge in [0.2, 0.25) is 0 Å². The van der Waals surface area contributed by atoms with E-state index >= 15 is 0 Å². The summed E-state index contributed by atoms with van der Waals surface area (Å²) in [4.78, 5) is 23.5. The summed E-state index contributed by atoms with van der Waals surface area (Å²) in [5, 5.41) is 7.90. The number of anilines is 1. The molecule has 2 aromatic rings. The van der Waals surface area contributed by atoms with Crippen molar-refractivity contribution in [3.05, 3.63) is 65.5 Å².